The van der Waals surface area contributed by atoms with Crippen LogP contribution in [0, 0.1) is 0 Å². The summed E-state index contributed by atoms with van der Waals surface area (Å²) in [7, 11) is 1.54. The first-order valence-corrected chi connectivity index (χ1v) is 13.5. The van der Waals surface area contributed by atoms with E-state index in [1.807, 2.05) is 30.3 Å². The second kappa shape index (κ2) is 12.6. The lowest BCUT2D eigenvalue weighted by Gasteiger charge is -2.29. The molecule has 0 saturated heterocycles. The first kappa shape index (κ1) is 30.7. The second-order valence-corrected chi connectivity index (χ2v) is 11.9. The third-order valence-corrected chi connectivity index (χ3v) is 6.04. The van der Waals surface area contributed by atoms with Gasteiger partial charge in [-0.05, 0) is 64.8 Å². The Kier molecular flexibility index (Phi) is 9.68. The smallest absolute Gasteiger partial charge is 0.429 e. The second-order valence-electron chi connectivity index (χ2n) is 11.0. The number of aromatic nitrogens is 1. The topological polar surface area (TPSA) is 96.3 Å². The number of halogens is 1. The number of benzene rings is 2. The SMILES string of the molecule is COc1cc(Br)c(CN(C(=O)OC(C)(C)C)n2ccc(=O)c(C(=O)OC(C)(C)C)c2)cc1OCc1ccccc1. The highest BCUT2D eigenvalue weighted by Gasteiger charge is 2.27. The highest BCUT2D eigenvalue weighted by atomic mass is 79.9. The number of ether oxygens (including phenoxy) is 4. The van der Waals surface area contributed by atoms with Gasteiger partial charge in [0.25, 0.3) is 0 Å². The van der Waals surface area contributed by atoms with Crippen LogP contribution < -0.4 is 19.9 Å². The summed E-state index contributed by atoms with van der Waals surface area (Å²) >= 11 is 3.56. The van der Waals surface area contributed by atoms with Gasteiger partial charge in [0.15, 0.2) is 16.9 Å². The van der Waals surface area contributed by atoms with E-state index in [4.69, 9.17) is 18.9 Å². The average Bonchev–Trinajstić information content (AvgIpc) is 2.86. The maximum atomic E-state index is 13.4. The summed E-state index contributed by atoms with van der Waals surface area (Å²) in [4.78, 5) is 38.7. The zero-order valence-electron chi connectivity index (χ0n) is 23.8. The maximum absolute atomic E-state index is 13.4. The van der Waals surface area contributed by atoms with Crippen molar-refractivity contribution in [3.63, 3.8) is 0 Å². The summed E-state index contributed by atoms with van der Waals surface area (Å²) in [6.45, 7) is 10.7. The number of esters is 1. The van der Waals surface area contributed by atoms with Crippen LogP contribution >= 0.6 is 15.9 Å². The van der Waals surface area contributed by atoms with Crippen LogP contribution in [0.2, 0.25) is 0 Å². The van der Waals surface area contributed by atoms with Gasteiger partial charge in [0.2, 0.25) is 0 Å². The van der Waals surface area contributed by atoms with Gasteiger partial charge >= 0.3 is 12.1 Å². The van der Waals surface area contributed by atoms with Crippen molar-refractivity contribution in [2.45, 2.75) is 65.9 Å². The zero-order valence-corrected chi connectivity index (χ0v) is 25.4. The number of methoxy groups -OCH3 is 1. The minimum atomic E-state index is -0.806. The highest BCUT2D eigenvalue weighted by molar-refractivity contribution is 9.10. The Morgan fingerprint density at radius 3 is 2.17 bits per heavy atom. The molecule has 2 aromatic carbocycles. The van der Waals surface area contributed by atoms with Gasteiger partial charge in [-0.1, -0.05) is 46.3 Å². The Balaban J connectivity index is 2.02. The number of nitrogens with zero attached hydrogens (tertiary/aromatic N) is 2. The van der Waals surface area contributed by atoms with Crippen LogP contribution in [0.5, 0.6) is 11.5 Å². The molecule has 3 rings (SSSR count). The molecule has 0 aliphatic rings. The van der Waals surface area contributed by atoms with Gasteiger partial charge in [0, 0.05) is 22.9 Å². The van der Waals surface area contributed by atoms with Crippen LogP contribution in [0.25, 0.3) is 0 Å². The lowest BCUT2D eigenvalue weighted by atomic mass is 10.2. The minimum absolute atomic E-state index is 0.00217. The molecule has 0 atom stereocenters. The van der Waals surface area contributed by atoms with Crippen LogP contribution in [0.1, 0.15) is 63.0 Å². The molecule has 10 heteroatoms. The number of carbonyl (C=O) groups excluding carboxylic acids is 2. The Morgan fingerprint density at radius 1 is 0.925 bits per heavy atom. The lowest BCUT2D eigenvalue weighted by Crippen LogP contribution is -2.44. The predicted octanol–water partition coefficient (Wildman–Crippen LogP) is 6.23. The third kappa shape index (κ3) is 8.61. The molecule has 3 aromatic rings. The van der Waals surface area contributed by atoms with Crippen molar-refractivity contribution < 1.29 is 28.5 Å². The maximum Gasteiger partial charge on any atom is 0.429 e. The summed E-state index contributed by atoms with van der Waals surface area (Å²) in [5.41, 5.74) is -0.717. The molecule has 214 valence electrons. The fraction of sp³-hybridized carbons (Fsp3) is 0.367. The molecule has 0 unspecified atom stereocenters. The van der Waals surface area contributed by atoms with Crippen LogP contribution in [-0.2, 0) is 22.6 Å². The van der Waals surface area contributed by atoms with E-state index < -0.39 is 28.7 Å². The van der Waals surface area contributed by atoms with Gasteiger partial charge in [-0.2, -0.15) is 0 Å². The fourth-order valence-corrected chi connectivity index (χ4v) is 3.98. The van der Waals surface area contributed by atoms with Gasteiger partial charge in [0.05, 0.1) is 13.7 Å². The monoisotopic (exact) mass is 614 g/mol. The van der Waals surface area contributed by atoms with E-state index in [2.05, 4.69) is 15.9 Å². The van der Waals surface area contributed by atoms with Crippen molar-refractivity contribution in [1.29, 1.82) is 0 Å². The molecule has 0 N–H and O–H groups in total. The molecule has 40 heavy (non-hydrogen) atoms. The van der Waals surface area contributed by atoms with Gasteiger partial charge < -0.3 is 18.9 Å². The normalized spacial score (nSPS) is 11.5. The molecular formula is C30H35BrN2O7. The zero-order chi connectivity index (χ0) is 29.7. The van der Waals surface area contributed by atoms with Crippen molar-refractivity contribution in [3.8, 4) is 11.5 Å². The number of rotatable bonds is 8. The van der Waals surface area contributed by atoms with Crippen molar-refractivity contribution >= 4 is 28.0 Å². The van der Waals surface area contributed by atoms with E-state index in [1.54, 1.807) is 60.8 Å². The Bertz CT molecular complexity index is 1410. The van der Waals surface area contributed by atoms with Crippen LogP contribution in [0.3, 0.4) is 0 Å². The number of amides is 1. The van der Waals surface area contributed by atoms with Crippen molar-refractivity contribution in [2.24, 2.45) is 0 Å². The van der Waals surface area contributed by atoms with E-state index in [-0.39, 0.29) is 12.1 Å². The number of hydrogen-bond acceptors (Lipinski definition) is 7. The quantitative estimate of drug-likeness (QED) is 0.278. The molecule has 9 nitrogen and oxygen atoms in total. The van der Waals surface area contributed by atoms with E-state index in [0.717, 1.165) is 5.56 Å². The highest BCUT2D eigenvalue weighted by Crippen LogP contribution is 2.35. The largest absolute Gasteiger partial charge is 0.493 e. The predicted molar refractivity (Wildman–Crippen MR) is 155 cm³/mol. The van der Waals surface area contributed by atoms with Crippen molar-refractivity contribution in [1.82, 2.24) is 4.68 Å². The van der Waals surface area contributed by atoms with Gasteiger partial charge in [-0.25, -0.2) is 14.6 Å². The first-order valence-electron chi connectivity index (χ1n) is 12.7. The summed E-state index contributed by atoms with van der Waals surface area (Å²) in [5, 5.41) is 1.27. The summed E-state index contributed by atoms with van der Waals surface area (Å²) in [6, 6.07) is 14.4. The molecule has 0 aliphatic heterocycles. The molecule has 0 aliphatic carbocycles. The molecule has 0 saturated carbocycles. The standard InChI is InChI=1S/C30H35BrN2O7/c1-29(2,3)39-27(35)22-18-32(14-13-24(22)34)33(28(36)40-30(4,5)6)17-21-15-26(25(37-7)16-23(21)31)38-19-20-11-9-8-10-12-20/h8-16,18H,17,19H2,1-7H3. The average molecular weight is 616 g/mol. The molecule has 1 aromatic heterocycles. The third-order valence-electron chi connectivity index (χ3n) is 5.30. The summed E-state index contributed by atoms with van der Waals surface area (Å²) < 4.78 is 24.6. The van der Waals surface area contributed by atoms with Crippen LogP contribution in [0.15, 0.2) is 70.2 Å². The van der Waals surface area contributed by atoms with Crippen molar-refractivity contribution in [2.75, 3.05) is 12.1 Å². The molecule has 1 amide bonds. The number of carbonyl (C=O) groups is 2. The van der Waals surface area contributed by atoms with E-state index in [9.17, 15) is 14.4 Å². The fourth-order valence-electron chi connectivity index (χ4n) is 3.53. The van der Waals surface area contributed by atoms with Crippen LogP contribution in [0.4, 0.5) is 4.79 Å². The molecule has 0 spiro atoms. The Morgan fingerprint density at radius 2 is 1.57 bits per heavy atom. The summed E-state index contributed by atoms with van der Waals surface area (Å²) in [5.74, 6) is 0.187. The van der Waals surface area contributed by atoms with E-state index in [1.165, 1.54) is 28.1 Å². The summed E-state index contributed by atoms with van der Waals surface area (Å²) in [6.07, 6.45) is 1.97. The molecular weight excluding hydrogens is 580 g/mol. The molecule has 0 radical (unpaired) electrons. The van der Waals surface area contributed by atoms with E-state index in [0.29, 0.717) is 28.1 Å². The van der Waals surface area contributed by atoms with Crippen molar-refractivity contribution in [3.05, 3.63) is 92.3 Å². The first-order chi connectivity index (χ1) is 18.7. The Hall–Kier alpha value is -3.79. The van der Waals surface area contributed by atoms with E-state index >= 15 is 0 Å². The molecule has 1 heterocycles. The van der Waals surface area contributed by atoms with Gasteiger partial charge in [-0.15, -0.1) is 0 Å². The van der Waals surface area contributed by atoms with Crippen LogP contribution in [-0.4, -0.2) is 35.1 Å². The van der Waals surface area contributed by atoms with Gasteiger partial charge in [0.1, 0.15) is 23.4 Å². The van der Waals surface area contributed by atoms with Gasteiger partial charge in [-0.3, -0.25) is 9.47 Å². The minimum Gasteiger partial charge on any atom is -0.493 e. The molecule has 0 fully saturated rings. The number of pyridine rings is 1. The molecule has 0 bridgehead atoms. The lowest BCUT2D eigenvalue weighted by molar-refractivity contribution is 0.00661. The Labute approximate surface area is 242 Å². The number of hydrogen-bond donors (Lipinski definition) is 0.